The van der Waals surface area contributed by atoms with E-state index in [2.05, 4.69) is 6.92 Å². The number of methoxy groups -OCH3 is 1. The van der Waals surface area contributed by atoms with Crippen LogP contribution in [-0.4, -0.2) is 23.6 Å². The second-order valence-electron chi connectivity index (χ2n) is 5.45. The Bertz CT molecular complexity index is 462. The third-order valence-electron chi connectivity index (χ3n) is 3.34. The van der Waals surface area contributed by atoms with Crippen molar-refractivity contribution in [3.05, 3.63) is 35.6 Å². The number of hydrogen-bond acceptors (Lipinski definition) is 4. The second kappa shape index (κ2) is 13.7. The van der Waals surface area contributed by atoms with Gasteiger partial charge < -0.3 is 14.9 Å². The van der Waals surface area contributed by atoms with Crippen LogP contribution in [0.15, 0.2) is 30.0 Å². The summed E-state index contributed by atoms with van der Waals surface area (Å²) >= 11 is 0. The highest BCUT2D eigenvalue weighted by Crippen LogP contribution is 2.25. The molecular formula is C19H30O4. The second-order valence-corrected chi connectivity index (χ2v) is 5.45. The molecule has 0 fully saturated rings. The van der Waals surface area contributed by atoms with E-state index in [1.165, 1.54) is 63.8 Å². The molecule has 1 rings (SSSR count). The lowest BCUT2D eigenvalue weighted by atomic mass is 10.1. The van der Waals surface area contributed by atoms with Crippen LogP contribution in [0, 0.1) is 0 Å². The minimum atomic E-state index is 0.0399. The first kappa shape index (κ1) is 21.0. The average molecular weight is 322 g/mol. The summed E-state index contributed by atoms with van der Waals surface area (Å²) in [7, 11) is 1.43. The summed E-state index contributed by atoms with van der Waals surface area (Å²) in [6.45, 7) is 3.97. The zero-order valence-electron chi connectivity index (χ0n) is 14.5. The Balaban J connectivity index is 0.000000422. The fourth-order valence-electron chi connectivity index (χ4n) is 2.00. The van der Waals surface area contributed by atoms with E-state index in [1.54, 1.807) is 6.92 Å². The number of hydrogen-bond donors (Lipinski definition) is 2. The van der Waals surface area contributed by atoms with Gasteiger partial charge >= 0.3 is 0 Å². The number of ether oxygens (including phenoxy) is 1. The van der Waals surface area contributed by atoms with Gasteiger partial charge in [0.1, 0.15) is 6.29 Å². The van der Waals surface area contributed by atoms with Crippen LogP contribution in [0.1, 0.15) is 69.2 Å². The largest absolute Gasteiger partial charge is 0.513 e. The lowest BCUT2D eigenvalue weighted by molar-refractivity contribution is 0.112. The van der Waals surface area contributed by atoms with E-state index in [-0.39, 0.29) is 5.75 Å². The van der Waals surface area contributed by atoms with Crippen molar-refractivity contribution in [3.63, 3.8) is 0 Å². The third kappa shape index (κ3) is 11.3. The molecule has 0 radical (unpaired) electrons. The molecule has 2 N–H and O–H groups in total. The number of phenols is 1. The summed E-state index contributed by atoms with van der Waals surface area (Å²) in [4.78, 5) is 10.2. The Kier molecular flexibility index (Phi) is 12.5. The van der Waals surface area contributed by atoms with E-state index in [0.717, 1.165) is 6.42 Å². The van der Waals surface area contributed by atoms with Crippen molar-refractivity contribution in [3.8, 4) is 11.5 Å². The van der Waals surface area contributed by atoms with Gasteiger partial charge in [0.05, 0.1) is 12.9 Å². The zero-order chi connectivity index (χ0) is 17.5. The summed E-state index contributed by atoms with van der Waals surface area (Å²) in [6, 6.07) is 4.41. The number of allylic oxidation sites excluding steroid dienone is 2. The summed E-state index contributed by atoms with van der Waals surface area (Å²) in [5.74, 6) is 0.816. The third-order valence-corrected chi connectivity index (χ3v) is 3.34. The van der Waals surface area contributed by atoms with Crippen LogP contribution in [0.25, 0.3) is 0 Å². The van der Waals surface area contributed by atoms with Gasteiger partial charge in [-0.25, -0.2) is 0 Å². The lowest BCUT2D eigenvalue weighted by Gasteiger charge is -2.01. The monoisotopic (exact) mass is 322 g/mol. The fourth-order valence-corrected chi connectivity index (χ4v) is 2.00. The van der Waals surface area contributed by atoms with Crippen molar-refractivity contribution in [1.82, 2.24) is 0 Å². The number of aldehydes is 1. The van der Waals surface area contributed by atoms with Gasteiger partial charge in [0.15, 0.2) is 11.5 Å². The molecule has 0 unspecified atom stereocenters. The topological polar surface area (TPSA) is 66.8 Å². The molecule has 0 atom stereocenters. The van der Waals surface area contributed by atoms with E-state index in [9.17, 15) is 4.79 Å². The molecule has 4 nitrogen and oxygen atoms in total. The molecule has 0 aliphatic heterocycles. The van der Waals surface area contributed by atoms with Crippen molar-refractivity contribution in [2.45, 2.75) is 58.8 Å². The Morgan fingerprint density at radius 2 is 1.83 bits per heavy atom. The molecule has 4 heteroatoms. The molecule has 1 aromatic carbocycles. The normalized spacial score (nSPS) is 10.7. The van der Waals surface area contributed by atoms with E-state index in [1.807, 2.05) is 6.08 Å². The maximum Gasteiger partial charge on any atom is 0.161 e. The number of aliphatic hydroxyl groups is 1. The SMILES string of the molecule is CCCCCCCCC=C(C)O.COc1cc(C=O)ccc1O. The summed E-state index contributed by atoms with van der Waals surface area (Å²) in [5.41, 5.74) is 0.486. The lowest BCUT2D eigenvalue weighted by Crippen LogP contribution is -1.85. The van der Waals surface area contributed by atoms with E-state index < -0.39 is 0 Å². The van der Waals surface area contributed by atoms with Crippen LogP contribution in [0.5, 0.6) is 11.5 Å². The molecule has 0 heterocycles. The predicted octanol–water partition coefficient (Wildman–Crippen LogP) is 5.41. The average Bonchev–Trinajstić information content (AvgIpc) is 2.55. The number of aromatic hydroxyl groups is 1. The number of benzene rings is 1. The molecule has 0 amide bonds. The molecule has 0 spiro atoms. The Morgan fingerprint density at radius 1 is 1.17 bits per heavy atom. The van der Waals surface area contributed by atoms with Crippen molar-refractivity contribution in [2.24, 2.45) is 0 Å². The van der Waals surface area contributed by atoms with Gasteiger partial charge in [-0.3, -0.25) is 4.79 Å². The minimum absolute atomic E-state index is 0.0399. The van der Waals surface area contributed by atoms with Crippen molar-refractivity contribution in [1.29, 1.82) is 0 Å². The number of unbranched alkanes of at least 4 members (excludes halogenated alkanes) is 6. The van der Waals surface area contributed by atoms with Crippen LogP contribution in [-0.2, 0) is 0 Å². The van der Waals surface area contributed by atoms with E-state index in [4.69, 9.17) is 14.9 Å². The smallest absolute Gasteiger partial charge is 0.161 e. The molecule has 23 heavy (non-hydrogen) atoms. The van der Waals surface area contributed by atoms with Gasteiger partial charge in [0, 0.05) is 5.56 Å². The van der Waals surface area contributed by atoms with E-state index >= 15 is 0 Å². The van der Waals surface area contributed by atoms with Crippen LogP contribution in [0.3, 0.4) is 0 Å². The first-order valence-electron chi connectivity index (χ1n) is 8.23. The fraction of sp³-hybridized carbons (Fsp3) is 0.526. The number of carbonyl (C=O) groups is 1. The quantitative estimate of drug-likeness (QED) is 0.362. The minimum Gasteiger partial charge on any atom is -0.513 e. The van der Waals surface area contributed by atoms with Gasteiger partial charge in [-0.15, -0.1) is 0 Å². The van der Waals surface area contributed by atoms with Crippen LogP contribution in [0.2, 0.25) is 0 Å². The Morgan fingerprint density at radius 3 is 2.39 bits per heavy atom. The molecule has 0 saturated heterocycles. The number of phenolic OH excluding ortho intramolecular Hbond substituents is 1. The summed E-state index contributed by atoms with van der Waals surface area (Å²) in [5, 5.41) is 17.9. The highest BCUT2D eigenvalue weighted by atomic mass is 16.5. The molecule has 0 aliphatic carbocycles. The van der Waals surface area contributed by atoms with Gasteiger partial charge in [-0.1, -0.05) is 39.0 Å². The maximum atomic E-state index is 10.2. The molecular weight excluding hydrogens is 292 g/mol. The van der Waals surface area contributed by atoms with Gasteiger partial charge in [0.25, 0.3) is 0 Å². The van der Waals surface area contributed by atoms with Crippen molar-refractivity contribution < 1.29 is 19.7 Å². The Labute approximate surface area is 139 Å². The highest BCUT2D eigenvalue weighted by molar-refractivity contribution is 5.76. The standard InChI is InChI=1S/C11H22O.C8H8O3/c1-3-4-5-6-7-8-9-10-11(2)12;1-11-8-4-6(5-9)2-3-7(8)10/h10,12H,3-9H2,1-2H3;2-5,10H,1H3. The molecule has 0 saturated carbocycles. The van der Waals surface area contributed by atoms with Crippen LogP contribution >= 0.6 is 0 Å². The molecule has 0 aliphatic rings. The molecule has 1 aromatic rings. The molecule has 0 aromatic heterocycles. The van der Waals surface area contributed by atoms with Crippen molar-refractivity contribution in [2.75, 3.05) is 7.11 Å². The zero-order valence-corrected chi connectivity index (χ0v) is 14.5. The van der Waals surface area contributed by atoms with Gasteiger partial charge in [-0.2, -0.15) is 0 Å². The first-order valence-corrected chi connectivity index (χ1v) is 8.23. The van der Waals surface area contributed by atoms with Gasteiger partial charge in [-0.05, 0) is 44.0 Å². The van der Waals surface area contributed by atoms with Crippen molar-refractivity contribution >= 4 is 6.29 Å². The van der Waals surface area contributed by atoms with Gasteiger partial charge in [0.2, 0.25) is 0 Å². The number of rotatable bonds is 9. The molecule has 0 bridgehead atoms. The van der Waals surface area contributed by atoms with Crippen LogP contribution < -0.4 is 4.74 Å². The highest BCUT2D eigenvalue weighted by Gasteiger charge is 2.00. The number of carbonyl (C=O) groups excluding carboxylic acids is 1. The first-order chi connectivity index (χ1) is 11.0. The summed E-state index contributed by atoms with van der Waals surface area (Å²) < 4.78 is 4.78. The molecule has 130 valence electrons. The van der Waals surface area contributed by atoms with Crippen LogP contribution in [0.4, 0.5) is 0 Å². The summed E-state index contributed by atoms with van der Waals surface area (Å²) in [6.07, 6.45) is 11.6. The number of aliphatic hydroxyl groups excluding tert-OH is 1. The Hall–Kier alpha value is -1.97. The maximum absolute atomic E-state index is 10.2. The van der Waals surface area contributed by atoms with E-state index in [0.29, 0.717) is 23.4 Å². The predicted molar refractivity (Wildman–Crippen MR) is 94.4 cm³/mol.